The summed E-state index contributed by atoms with van der Waals surface area (Å²) in [5.41, 5.74) is 0.445. The SMILES string of the molecule is CC(C)(C)C1CCC(O)CC1.ClCCl. The maximum Gasteiger partial charge on any atom is 0.0967 e. The Morgan fingerprint density at radius 2 is 1.43 bits per heavy atom. The van der Waals surface area contributed by atoms with Crippen molar-refractivity contribution in [1.82, 2.24) is 0 Å². The zero-order chi connectivity index (χ0) is 11.2. The first-order valence-electron chi connectivity index (χ1n) is 5.21. The smallest absolute Gasteiger partial charge is 0.0967 e. The van der Waals surface area contributed by atoms with Crippen molar-refractivity contribution in [2.24, 2.45) is 11.3 Å². The fourth-order valence-electron chi connectivity index (χ4n) is 1.94. The van der Waals surface area contributed by atoms with Gasteiger partial charge in [0.05, 0.1) is 11.4 Å². The van der Waals surface area contributed by atoms with Crippen molar-refractivity contribution in [3.8, 4) is 0 Å². The molecule has 86 valence electrons. The molecule has 14 heavy (non-hydrogen) atoms. The molecule has 0 radical (unpaired) electrons. The Balaban J connectivity index is 0.000000500. The van der Waals surface area contributed by atoms with Crippen LogP contribution in [0.15, 0.2) is 0 Å². The molecule has 0 bridgehead atoms. The van der Waals surface area contributed by atoms with Crippen LogP contribution in [0.5, 0.6) is 0 Å². The monoisotopic (exact) mass is 240 g/mol. The first kappa shape index (κ1) is 14.5. The van der Waals surface area contributed by atoms with Gasteiger partial charge in [-0.05, 0) is 37.0 Å². The maximum absolute atomic E-state index is 9.29. The molecule has 1 saturated carbocycles. The zero-order valence-corrected chi connectivity index (χ0v) is 10.9. The van der Waals surface area contributed by atoms with Crippen molar-refractivity contribution >= 4 is 23.2 Å². The highest BCUT2D eigenvalue weighted by Gasteiger charge is 2.28. The lowest BCUT2D eigenvalue weighted by Gasteiger charge is -2.35. The summed E-state index contributed by atoms with van der Waals surface area (Å²) in [6, 6.07) is 0. The second-order valence-electron chi connectivity index (χ2n) is 4.97. The first-order valence-corrected chi connectivity index (χ1v) is 6.28. The molecule has 0 aliphatic heterocycles. The van der Waals surface area contributed by atoms with E-state index in [1.807, 2.05) is 0 Å². The third-order valence-electron chi connectivity index (χ3n) is 2.92. The van der Waals surface area contributed by atoms with E-state index in [0.29, 0.717) is 5.41 Å². The summed E-state index contributed by atoms with van der Waals surface area (Å²) in [6.07, 6.45) is 4.45. The second-order valence-corrected chi connectivity index (χ2v) is 5.78. The Kier molecular flexibility index (Phi) is 7.19. The van der Waals surface area contributed by atoms with Gasteiger partial charge < -0.3 is 5.11 Å². The summed E-state index contributed by atoms with van der Waals surface area (Å²) in [7, 11) is 0. The molecule has 0 saturated heterocycles. The van der Waals surface area contributed by atoms with Crippen molar-refractivity contribution < 1.29 is 5.11 Å². The molecule has 1 aliphatic carbocycles. The molecular formula is C11H22Cl2O. The van der Waals surface area contributed by atoms with Crippen LogP contribution in [-0.2, 0) is 0 Å². The summed E-state index contributed by atoms with van der Waals surface area (Å²) in [5, 5.41) is 9.49. The lowest BCUT2D eigenvalue weighted by molar-refractivity contribution is 0.0725. The standard InChI is InChI=1S/C10H20O.CH2Cl2/c1-10(2,3)8-4-6-9(11)7-5-8;2-1-3/h8-9,11H,4-7H2,1-3H3;1H2. The molecule has 1 fully saturated rings. The molecule has 0 unspecified atom stereocenters. The molecule has 0 atom stereocenters. The summed E-state index contributed by atoms with van der Waals surface area (Å²) < 4.78 is 0. The van der Waals surface area contributed by atoms with Crippen LogP contribution in [0.4, 0.5) is 0 Å². The van der Waals surface area contributed by atoms with Gasteiger partial charge >= 0.3 is 0 Å². The van der Waals surface area contributed by atoms with E-state index in [1.165, 1.54) is 12.8 Å². The molecular weight excluding hydrogens is 219 g/mol. The molecule has 0 aromatic rings. The fourth-order valence-corrected chi connectivity index (χ4v) is 1.94. The minimum atomic E-state index is -0.00593. The van der Waals surface area contributed by atoms with Gasteiger partial charge in [0.1, 0.15) is 0 Å². The lowest BCUT2D eigenvalue weighted by Crippen LogP contribution is -2.27. The summed E-state index contributed by atoms with van der Waals surface area (Å²) >= 11 is 9.53. The van der Waals surface area contributed by atoms with Gasteiger partial charge in [-0.2, -0.15) is 0 Å². The third-order valence-corrected chi connectivity index (χ3v) is 2.92. The van der Waals surface area contributed by atoms with E-state index in [-0.39, 0.29) is 11.4 Å². The van der Waals surface area contributed by atoms with Gasteiger partial charge in [0, 0.05) is 0 Å². The molecule has 0 aromatic heterocycles. The average Bonchev–Trinajstić information content (AvgIpc) is 2.04. The molecule has 1 N–H and O–H groups in total. The molecule has 1 aliphatic rings. The average molecular weight is 241 g/mol. The summed E-state index contributed by atoms with van der Waals surface area (Å²) in [5.74, 6) is 0.825. The number of hydrogen-bond acceptors (Lipinski definition) is 1. The highest BCUT2D eigenvalue weighted by Crippen LogP contribution is 2.37. The predicted octanol–water partition coefficient (Wildman–Crippen LogP) is 4.01. The predicted molar refractivity (Wildman–Crippen MR) is 64.0 cm³/mol. The van der Waals surface area contributed by atoms with Gasteiger partial charge in [0.15, 0.2) is 0 Å². The van der Waals surface area contributed by atoms with Gasteiger partial charge in [-0.3, -0.25) is 0 Å². The van der Waals surface area contributed by atoms with Crippen molar-refractivity contribution in [3.05, 3.63) is 0 Å². The number of aliphatic hydroxyl groups is 1. The van der Waals surface area contributed by atoms with E-state index in [0.717, 1.165) is 18.8 Å². The normalized spacial score (nSPS) is 27.9. The van der Waals surface area contributed by atoms with Gasteiger partial charge in [0.25, 0.3) is 0 Å². The lowest BCUT2D eigenvalue weighted by atomic mass is 9.72. The Hall–Kier alpha value is 0.540. The molecule has 3 heteroatoms. The molecule has 0 amide bonds. The van der Waals surface area contributed by atoms with E-state index in [4.69, 9.17) is 23.2 Å². The van der Waals surface area contributed by atoms with Crippen LogP contribution < -0.4 is 0 Å². The third kappa shape index (κ3) is 6.10. The Morgan fingerprint density at radius 3 is 1.71 bits per heavy atom. The van der Waals surface area contributed by atoms with Crippen molar-refractivity contribution in [2.45, 2.75) is 52.6 Å². The maximum atomic E-state index is 9.29. The second kappa shape index (κ2) is 6.92. The largest absolute Gasteiger partial charge is 0.393 e. The summed E-state index contributed by atoms with van der Waals surface area (Å²) in [4.78, 5) is 0. The van der Waals surface area contributed by atoms with Gasteiger partial charge in [-0.25, -0.2) is 0 Å². The van der Waals surface area contributed by atoms with Crippen LogP contribution in [-0.4, -0.2) is 16.5 Å². The minimum Gasteiger partial charge on any atom is -0.393 e. The van der Waals surface area contributed by atoms with E-state index >= 15 is 0 Å². The minimum absolute atomic E-state index is 0.00593. The van der Waals surface area contributed by atoms with E-state index < -0.39 is 0 Å². The first-order chi connectivity index (χ1) is 6.41. The van der Waals surface area contributed by atoms with Crippen LogP contribution in [0, 0.1) is 11.3 Å². The molecule has 1 nitrogen and oxygen atoms in total. The number of alkyl halides is 2. The quantitative estimate of drug-likeness (QED) is 0.635. The van der Waals surface area contributed by atoms with Crippen LogP contribution in [0.1, 0.15) is 46.5 Å². The number of aliphatic hydroxyl groups excluding tert-OH is 1. The molecule has 0 spiro atoms. The zero-order valence-electron chi connectivity index (χ0n) is 9.39. The Bertz CT molecular complexity index is 135. The number of hydrogen-bond donors (Lipinski definition) is 1. The van der Waals surface area contributed by atoms with Crippen molar-refractivity contribution in [1.29, 1.82) is 0 Å². The van der Waals surface area contributed by atoms with Crippen molar-refractivity contribution in [2.75, 3.05) is 5.34 Å². The molecule has 0 heterocycles. The molecule has 1 rings (SSSR count). The highest BCUT2D eigenvalue weighted by atomic mass is 35.5. The Morgan fingerprint density at radius 1 is 1.07 bits per heavy atom. The van der Waals surface area contributed by atoms with Crippen LogP contribution in [0.2, 0.25) is 0 Å². The van der Waals surface area contributed by atoms with Gasteiger partial charge in [-0.15, -0.1) is 23.2 Å². The van der Waals surface area contributed by atoms with E-state index in [9.17, 15) is 5.11 Å². The number of rotatable bonds is 0. The van der Waals surface area contributed by atoms with E-state index in [2.05, 4.69) is 20.8 Å². The summed E-state index contributed by atoms with van der Waals surface area (Å²) in [6.45, 7) is 6.90. The van der Waals surface area contributed by atoms with Crippen LogP contribution in [0.3, 0.4) is 0 Å². The van der Waals surface area contributed by atoms with Gasteiger partial charge in [-0.1, -0.05) is 20.8 Å². The topological polar surface area (TPSA) is 20.2 Å². The van der Waals surface area contributed by atoms with E-state index in [1.54, 1.807) is 0 Å². The Labute approximate surface area is 97.8 Å². The molecule has 0 aromatic carbocycles. The van der Waals surface area contributed by atoms with Crippen LogP contribution in [0.25, 0.3) is 0 Å². The fraction of sp³-hybridized carbons (Fsp3) is 1.00. The van der Waals surface area contributed by atoms with Gasteiger partial charge in [0.2, 0.25) is 0 Å². The highest BCUT2D eigenvalue weighted by molar-refractivity contribution is 6.40. The van der Waals surface area contributed by atoms with Crippen LogP contribution >= 0.6 is 23.2 Å². The number of halogens is 2. The van der Waals surface area contributed by atoms with Crippen molar-refractivity contribution in [3.63, 3.8) is 0 Å².